The van der Waals surface area contributed by atoms with Gasteiger partial charge >= 0.3 is 0 Å². The van der Waals surface area contributed by atoms with E-state index in [4.69, 9.17) is 6.42 Å². The fourth-order valence-electron chi connectivity index (χ4n) is 2.19. The van der Waals surface area contributed by atoms with Crippen molar-refractivity contribution in [1.82, 2.24) is 0 Å². The Kier molecular flexibility index (Phi) is 11.3. The molecule has 0 aromatic rings. The molecule has 0 aliphatic rings. The Bertz CT molecular complexity index is 152. The highest BCUT2D eigenvalue weighted by atomic mass is 14.1. The van der Waals surface area contributed by atoms with E-state index in [1.165, 1.54) is 57.8 Å². The molecule has 0 bridgehead atoms. The summed E-state index contributed by atoms with van der Waals surface area (Å²) >= 11 is 0. The van der Waals surface area contributed by atoms with Crippen LogP contribution in [0, 0.1) is 18.3 Å². The fraction of sp³-hybridized carbons (Fsp3) is 0.867. The van der Waals surface area contributed by atoms with Gasteiger partial charge in [-0.25, -0.2) is 0 Å². The standard InChI is InChI=1S/C15H28/c1-4-7-9-11-14-15(12-6-3)13-10-8-5-2/h2,15H,4,6-14H2,1,3H3. The quantitative estimate of drug-likeness (QED) is 0.343. The van der Waals surface area contributed by atoms with E-state index in [9.17, 15) is 0 Å². The van der Waals surface area contributed by atoms with E-state index >= 15 is 0 Å². The van der Waals surface area contributed by atoms with Gasteiger partial charge in [0, 0.05) is 6.42 Å². The van der Waals surface area contributed by atoms with Crippen molar-refractivity contribution in [3.63, 3.8) is 0 Å². The second-order valence-electron chi connectivity index (χ2n) is 4.60. The molecule has 0 spiro atoms. The monoisotopic (exact) mass is 208 g/mol. The molecule has 0 aromatic heterocycles. The predicted octanol–water partition coefficient (Wildman–Crippen LogP) is 5.18. The summed E-state index contributed by atoms with van der Waals surface area (Å²) in [5, 5.41) is 0. The van der Waals surface area contributed by atoms with Crippen LogP contribution in [0.25, 0.3) is 0 Å². The number of hydrogen-bond acceptors (Lipinski definition) is 0. The molecule has 0 saturated carbocycles. The Balaban J connectivity index is 3.49. The van der Waals surface area contributed by atoms with Crippen molar-refractivity contribution < 1.29 is 0 Å². The summed E-state index contributed by atoms with van der Waals surface area (Å²) in [6.45, 7) is 4.57. The normalized spacial score (nSPS) is 12.3. The Morgan fingerprint density at radius 1 is 0.867 bits per heavy atom. The number of hydrogen-bond donors (Lipinski definition) is 0. The Morgan fingerprint density at radius 2 is 1.60 bits per heavy atom. The van der Waals surface area contributed by atoms with Gasteiger partial charge in [0.25, 0.3) is 0 Å². The van der Waals surface area contributed by atoms with Crippen molar-refractivity contribution in [2.45, 2.75) is 78.1 Å². The molecule has 1 unspecified atom stereocenters. The average Bonchev–Trinajstić information content (AvgIpc) is 2.24. The van der Waals surface area contributed by atoms with Crippen LogP contribution in [0.5, 0.6) is 0 Å². The molecule has 0 heterocycles. The van der Waals surface area contributed by atoms with Crippen LogP contribution < -0.4 is 0 Å². The van der Waals surface area contributed by atoms with Gasteiger partial charge in [-0.1, -0.05) is 58.8 Å². The molecule has 0 nitrogen and oxygen atoms in total. The van der Waals surface area contributed by atoms with Crippen molar-refractivity contribution in [2.24, 2.45) is 5.92 Å². The molecule has 0 rings (SSSR count). The summed E-state index contributed by atoms with van der Waals surface area (Å²) in [5.74, 6) is 3.69. The van der Waals surface area contributed by atoms with Gasteiger partial charge in [0.05, 0.1) is 0 Å². The summed E-state index contributed by atoms with van der Waals surface area (Å²) in [7, 11) is 0. The van der Waals surface area contributed by atoms with Gasteiger partial charge < -0.3 is 0 Å². The van der Waals surface area contributed by atoms with E-state index in [1.807, 2.05) is 0 Å². The predicted molar refractivity (Wildman–Crippen MR) is 69.8 cm³/mol. The lowest BCUT2D eigenvalue weighted by molar-refractivity contribution is 0.388. The maximum Gasteiger partial charge on any atom is 0.00861 e. The first-order valence-electron chi connectivity index (χ1n) is 6.78. The first kappa shape index (κ1) is 14.6. The lowest BCUT2D eigenvalue weighted by atomic mass is 9.91. The third kappa shape index (κ3) is 9.85. The minimum absolute atomic E-state index is 0.945. The lowest BCUT2D eigenvalue weighted by Crippen LogP contribution is -2.00. The van der Waals surface area contributed by atoms with Crippen LogP contribution in [-0.2, 0) is 0 Å². The highest BCUT2D eigenvalue weighted by Gasteiger charge is 2.06. The van der Waals surface area contributed by atoms with E-state index in [0.717, 1.165) is 12.3 Å². The zero-order valence-corrected chi connectivity index (χ0v) is 10.7. The van der Waals surface area contributed by atoms with Crippen molar-refractivity contribution in [2.75, 3.05) is 0 Å². The van der Waals surface area contributed by atoms with Gasteiger partial charge in [-0.3, -0.25) is 0 Å². The van der Waals surface area contributed by atoms with Crippen LogP contribution in [0.1, 0.15) is 78.1 Å². The molecule has 0 aromatic carbocycles. The molecule has 88 valence electrons. The summed E-state index contributed by atoms with van der Waals surface area (Å²) in [6, 6.07) is 0. The Labute approximate surface area is 96.8 Å². The van der Waals surface area contributed by atoms with Crippen molar-refractivity contribution in [3.05, 3.63) is 0 Å². The van der Waals surface area contributed by atoms with Crippen LogP contribution in [-0.4, -0.2) is 0 Å². The molecule has 1 atom stereocenters. The summed E-state index contributed by atoms with van der Waals surface area (Å²) in [6.07, 6.45) is 18.6. The number of rotatable bonds is 10. The van der Waals surface area contributed by atoms with E-state index in [0.29, 0.717) is 0 Å². The third-order valence-corrected chi connectivity index (χ3v) is 3.10. The van der Waals surface area contributed by atoms with Crippen LogP contribution in [0.4, 0.5) is 0 Å². The molecular weight excluding hydrogens is 180 g/mol. The van der Waals surface area contributed by atoms with Crippen molar-refractivity contribution in [3.8, 4) is 12.3 Å². The minimum Gasteiger partial charge on any atom is -0.120 e. The molecule has 0 radical (unpaired) electrons. The van der Waals surface area contributed by atoms with Crippen LogP contribution in [0.2, 0.25) is 0 Å². The molecule has 0 heteroatoms. The molecule has 0 N–H and O–H groups in total. The molecule has 0 aliphatic carbocycles. The zero-order chi connectivity index (χ0) is 11.4. The van der Waals surface area contributed by atoms with Gasteiger partial charge in [0.15, 0.2) is 0 Å². The zero-order valence-electron chi connectivity index (χ0n) is 10.7. The second-order valence-corrected chi connectivity index (χ2v) is 4.60. The van der Waals surface area contributed by atoms with Gasteiger partial charge in [-0.2, -0.15) is 0 Å². The second kappa shape index (κ2) is 11.6. The summed E-state index contributed by atoms with van der Waals surface area (Å²) < 4.78 is 0. The van der Waals surface area contributed by atoms with E-state index in [1.54, 1.807) is 0 Å². The van der Waals surface area contributed by atoms with E-state index in [2.05, 4.69) is 19.8 Å². The molecule has 0 fully saturated rings. The summed E-state index contributed by atoms with van der Waals surface area (Å²) in [4.78, 5) is 0. The Hall–Kier alpha value is -0.440. The van der Waals surface area contributed by atoms with Crippen molar-refractivity contribution >= 4 is 0 Å². The topological polar surface area (TPSA) is 0 Å². The van der Waals surface area contributed by atoms with Gasteiger partial charge in [-0.15, -0.1) is 12.3 Å². The largest absolute Gasteiger partial charge is 0.120 e. The minimum atomic E-state index is 0.945. The maximum atomic E-state index is 5.28. The van der Waals surface area contributed by atoms with Crippen LogP contribution in [0.3, 0.4) is 0 Å². The van der Waals surface area contributed by atoms with Gasteiger partial charge in [0.1, 0.15) is 0 Å². The average molecular weight is 208 g/mol. The highest BCUT2D eigenvalue weighted by Crippen LogP contribution is 2.21. The Morgan fingerprint density at radius 3 is 2.20 bits per heavy atom. The fourth-order valence-corrected chi connectivity index (χ4v) is 2.19. The van der Waals surface area contributed by atoms with Gasteiger partial charge in [-0.05, 0) is 18.8 Å². The molecule has 0 saturated heterocycles. The smallest absolute Gasteiger partial charge is 0.00861 e. The SMILES string of the molecule is C#CCCCC(CCC)CCCCCC. The molecule has 0 amide bonds. The molecular formula is C15H28. The summed E-state index contributed by atoms with van der Waals surface area (Å²) in [5.41, 5.74) is 0. The third-order valence-electron chi connectivity index (χ3n) is 3.10. The van der Waals surface area contributed by atoms with E-state index < -0.39 is 0 Å². The van der Waals surface area contributed by atoms with Crippen LogP contribution in [0.15, 0.2) is 0 Å². The van der Waals surface area contributed by atoms with Crippen molar-refractivity contribution in [1.29, 1.82) is 0 Å². The van der Waals surface area contributed by atoms with Crippen LogP contribution >= 0.6 is 0 Å². The van der Waals surface area contributed by atoms with Gasteiger partial charge in [0.2, 0.25) is 0 Å². The first-order valence-corrected chi connectivity index (χ1v) is 6.78. The maximum absolute atomic E-state index is 5.28. The number of terminal acetylenes is 1. The molecule has 0 aliphatic heterocycles. The number of unbranched alkanes of at least 4 members (excludes halogenated alkanes) is 4. The molecule has 15 heavy (non-hydrogen) atoms. The lowest BCUT2D eigenvalue weighted by Gasteiger charge is -2.15. The highest BCUT2D eigenvalue weighted by molar-refractivity contribution is 4.83. The first-order chi connectivity index (χ1) is 7.35. The van der Waals surface area contributed by atoms with E-state index in [-0.39, 0.29) is 0 Å².